The Bertz CT molecular complexity index is 1200. The maximum atomic E-state index is 13.4. The number of carbonyl (C=O) groups is 2. The fourth-order valence-electron chi connectivity index (χ4n) is 3.27. The summed E-state index contributed by atoms with van der Waals surface area (Å²) >= 11 is 1.57. The van der Waals surface area contributed by atoms with Crippen LogP contribution in [-0.2, 0) is 11.2 Å². The van der Waals surface area contributed by atoms with E-state index >= 15 is 0 Å². The van der Waals surface area contributed by atoms with Crippen LogP contribution >= 0.6 is 11.3 Å². The molecule has 3 heterocycles. The smallest absolute Gasteiger partial charge is 0.339 e. The molecule has 4 aromatic rings. The Morgan fingerprint density at radius 1 is 1.13 bits per heavy atom. The Kier molecular flexibility index (Phi) is 6.04. The Labute approximate surface area is 182 Å². The van der Waals surface area contributed by atoms with Crippen molar-refractivity contribution in [3.63, 3.8) is 0 Å². The molecule has 0 amide bonds. The van der Waals surface area contributed by atoms with Gasteiger partial charge in [-0.25, -0.2) is 9.18 Å². The van der Waals surface area contributed by atoms with Gasteiger partial charge in [0.25, 0.3) is 0 Å². The number of aromatic nitrogens is 2. The van der Waals surface area contributed by atoms with E-state index in [2.05, 4.69) is 14.7 Å². The summed E-state index contributed by atoms with van der Waals surface area (Å²) in [6.07, 6.45) is 2.11. The van der Waals surface area contributed by atoms with Gasteiger partial charge in [0.15, 0.2) is 5.78 Å². The molecule has 0 radical (unpaired) electrons. The van der Waals surface area contributed by atoms with Crippen LogP contribution in [0.4, 0.5) is 4.39 Å². The van der Waals surface area contributed by atoms with E-state index in [9.17, 15) is 14.0 Å². The average molecular weight is 434 g/mol. The van der Waals surface area contributed by atoms with E-state index < -0.39 is 5.97 Å². The summed E-state index contributed by atoms with van der Waals surface area (Å²) in [6, 6.07) is 15.3. The van der Waals surface area contributed by atoms with Gasteiger partial charge in [-0.15, -0.1) is 11.3 Å². The minimum Gasteiger partial charge on any atom is -0.465 e. The number of carbonyl (C=O) groups excluding carboxylic acids is 2. The minimum absolute atomic E-state index is 0.0685. The number of methoxy groups -OCH3 is 1. The summed E-state index contributed by atoms with van der Waals surface area (Å²) in [6.45, 7) is 0. The summed E-state index contributed by atoms with van der Waals surface area (Å²) < 4.78 is 18.1. The molecule has 0 aliphatic rings. The number of thiophene rings is 1. The van der Waals surface area contributed by atoms with Crippen LogP contribution in [0.15, 0.2) is 66.2 Å². The summed E-state index contributed by atoms with van der Waals surface area (Å²) in [4.78, 5) is 33.1. The molecule has 0 fully saturated rings. The topological polar surface area (TPSA) is 72.1 Å². The summed E-state index contributed by atoms with van der Waals surface area (Å²) in [5, 5.41) is 1.97. The molecule has 5 nitrogen and oxygen atoms in total. The SMILES string of the molecule is COC(=O)c1ccc(CCC(=O)c2[nH]c(-c3cccs3)cc2-c2ccc(F)cc2)nc1. The lowest BCUT2D eigenvalue weighted by Gasteiger charge is -2.05. The maximum Gasteiger partial charge on any atom is 0.339 e. The third-order valence-corrected chi connectivity index (χ3v) is 5.80. The summed E-state index contributed by atoms with van der Waals surface area (Å²) in [5.41, 5.74) is 3.90. The van der Waals surface area contributed by atoms with E-state index in [1.807, 2.05) is 23.6 Å². The van der Waals surface area contributed by atoms with Gasteiger partial charge in [0, 0.05) is 23.9 Å². The number of esters is 1. The lowest BCUT2D eigenvalue weighted by molar-refractivity contribution is 0.0600. The first kappa shape index (κ1) is 20.7. The Hall–Kier alpha value is -3.58. The first-order chi connectivity index (χ1) is 15.0. The van der Waals surface area contributed by atoms with E-state index in [1.165, 1.54) is 25.4 Å². The molecule has 0 unspecified atom stereocenters. The number of hydrogen-bond acceptors (Lipinski definition) is 5. The molecule has 0 spiro atoms. The quantitative estimate of drug-likeness (QED) is 0.306. The number of halogens is 1. The number of hydrogen-bond donors (Lipinski definition) is 1. The molecular weight excluding hydrogens is 415 g/mol. The van der Waals surface area contributed by atoms with Gasteiger partial charge in [-0.05, 0) is 53.8 Å². The second kappa shape index (κ2) is 9.06. The first-order valence-electron chi connectivity index (χ1n) is 9.64. The van der Waals surface area contributed by atoms with Crippen molar-refractivity contribution in [1.82, 2.24) is 9.97 Å². The summed E-state index contributed by atoms with van der Waals surface area (Å²) in [5.74, 6) is -0.848. The van der Waals surface area contributed by atoms with Gasteiger partial charge in [-0.3, -0.25) is 9.78 Å². The number of aromatic amines is 1. The van der Waals surface area contributed by atoms with Crippen molar-refractivity contribution in [3.05, 3.63) is 88.9 Å². The molecule has 0 aliphatic carbocycles. The van der Waals surface area contributed by atoms with Crippen LogP contribution in [0, 0.1) is 5.82 Å². The fourth-order valence-corrected chi connectivity index (χ4v) is 3.97. The fraction of sp³-hybridized carbons (Fsp3) is 0.125. The highest BCUT2D eigenvalue weighted by Crippen LogP contribution is 2.32. The van der Waals surface area contributed by atoms with Gasteiger partial charge in [0.2, 0.25) is 0 Å². The number of pyridine rings is 1. The van der Waals surface area contributed by atoms with E-state index in [-0.39, 0.29) is 18.0 Å². The molecule has 4 rings (SSSR count). The molecule has 0 saturated heterocycles. The second-order valence-corrected chi connectivity index (χ2v) is 7.86. The van der Waals surface area contributed by atoms with Crippen molar-refractivity contribution in [2.75, 3.05) is 7.11 Å². The molecule has 0 atom stereocenters. The molecule has 1 aromatic carbocycles. The molecular formula is C24H19FN2O3S. The maximum absolute atomic E-state index is 13.4. The van der Waals surface area contributed by atoms with E-state index in [0.29, 0.717) is 23.4 Å². The highest BCUT2D eigenvalue weighted by molar-refractivity contribution is 7.13. The number of benzene rings is 1. The first-order valence-corrected chi connectivity index (χ1v) is 10.5. The molecule has 156 valence electrons. The zero-order valence-electron chi connectivity index (χ0n) is 16.7. The Morgan fingerprint density at radius 3 is 2.58 bits per heavy atom. The van der Waals surface area contributed by atoms with Crippen molar-refractivity contribution in [3.8, 4) is 21.7 Å². The van der Waals surface area contributed by atoms with Crippen LogP contribution in [-0.4, -0.2) is 28.8 Å². The predicted molar refractivity (Wildman–Crippen MR) is 118 cm³/mol. The standard InChI is InChI=1S/C24H19FN2O3S/c1-30-24(29)16-6-9-18(26-14-16)10-11-21(28)23-19(15-4-7-17(25)8-5-15)13-20(27-23)22-3-2-12-31-22/h2-9,12-14,27H,10-11H2,1H3. The molecule has 31 heavy (non-hydrogen) atoms. The number of nitrogens with zero attached hydrogens (tertiary/aromatic N) is 1. The molecule has 0 saturated carbocycles. The van der Waals surface area contributed by atoms with Crippen LogP contribution in [0.3, 0.4) is 0 Å². The monoisotopic (exact) mass is 434 g/mol. The number of Topliss-reactive ketones (excluding diaryl/α,β-unsaturated/α-hetero) is 1. The van der Waals surface area contributed by atoms with E-state index in [1.54, 1.807) is 35.6 Å². The van der Waals surface area contributed by atoms with Gasteiger partial charge in [-0.2, -0.15) is 0 Å². The average Bonchev–Trinajstić information content (AvgIpc) is 3.48. The third kappa shape index (κ3) is 4.62. The number of nitrogens with one attached hydrogen (secondary N) is 1. The molecule has 0 aliphatic heterocycles. The van der Waals surface area contributed by atoms with Gasteiger partial charge < -0.3 is 9.72 Å². The molecule has 3 aromatic heterocycles. The number of ketones is 1. The van der Waals surface area contributed by atoms with Crippen molar-refractivity contribution >= 4 is 23.1 Å². The van der Waals surface area contributed by atoms with Crippen LogP contribution in [0.25, 0.3) is 21.7 Å². The molecule has 1 N–H and O–H groups in total. The van der Waals surface area contributed by atoms with Crippen molar-refractivity contribution in [2.45, 2.75) is 12.8 Å². The van der Waals surface area contributed by atoms with Crippen LogP contribution < -0.4 is 0 Å². The predicted octanol–water partition coefficient (Wildman–Crippen LogP) is 5.55. The molecule has 0 bridgehead atoms. The van der Waals surface area contributed by atoms with Crippen molar-refractivity contribution in [2.24, 2.45) is 0 Å². The third-order valence-electron chi connectivity index (χ3n) is 4.89. The van der Waals surface area contributed by atoms with E-state index in [0.717, 1.165) is 21.7 Å². The lowest BCUT2D eigenvalue weighted by atomic mass is 10.0. The zero-order valence-corrected chi connectivity index (χ0v) is 17.5. The largest absolute Gasteiger partial charge is 0.465 e. The number of ether oxygens (including phenoxy) is 1. The Balaban J connectivity index is 1.58. The number of rotatable bonds is 7. The Morgan fingerprint density at radius 2 is 1.94 bits per heavy atom. The van der Waals surface area contributed by atoms with Gasteiger partial charge in [0.1, 0.15) is 5.82 Å². The normalized spacial score (nSPS) is 10.8. The summed E-state index contributed by atoms with van der Waals surface area (Å²) in [7, 11) is 1.31. The van der Waals surface area contributed by atoms with Gasteiger partial charge in [0.05, 0.1) is 28.9 Å². The number of H-pyrrole nitrogens is 1. The van der Waals surface area contributed by atoms with Gasteiger partial charge in [-0.1, -0.05) is 18.2 Å². The van der Waals surface area contributed by atoms with Crippen LogP contribution in [0.2, 0.25) is 0 Å². The van der Waals surface area contributed by atoms with Crippen LogP contribution in [0.5, 0.6) is 0 Å². The van der Waals surface area contributed by atoms with Crippen molar-refractivity contribution < 1.29 is 18.7 Å². The minimum atomic E-state index is -0.452. The highest BCUT2D eigenvalue weighted by atomic mass is 32.1. The zero-order chi connectivity index (χ0) is 21.8. The van der Waals surface area contributed by atoms with Crippen molar-refractivity contribution in [1.29, 1.82) is 0 Å². The van der Waals surface area contributed by atoms with E-state index in [4.69, 9.17) is 0 Å². The highest BCUT2D eigenvalue weighted by Gasteiger charge is 2.18. The lowest BCUT2D eigenvalue weighted by Crippen LogP contribution is -2.06. The molecule has 7 heteroatoms. The second-order valence-electron chi connectivity index (χ2n) is 6.91. The van der Waals surface area contributed by atoms with Crippen LogP contribution in [0.1, 0.15) is 33.0 Å². The number of aryl methyl sites for hydroxylation is 1. The van der Waals surface area contributed by atoms with Gasteiger partial charge >= 0.3 is 5.97 Å².